The molecule has 0 spiro atoms. The van der Waals surface area contributed by atoms with Crippen LogP contribution in [0, 0.1) is 0 Å². The fourth-order valence-electron chi connectivity index (χ4n) is 8.35. The van der Waals surface area contributed by atoms with Crippen LogP contribution < -0.4 is 0 Å². The minimum Gasteiger partial charge on any atom is -0.462 e. The summed E-state index contributed by atoms with van der Waals surface area (Å²) in [5.41, 5.74) is 0. The first kappa shape index (κ1) is 70.1. The lowest BCUT2D eigenvalue weighted by Gasteiger charge is -2.18. The van der Waals surface area contributed by atoms with E-state index in [0.717, 1.165) is 128 Å². The van der Waals surface area contributed by atoms with Crippen LogP contribution in [0.1, 0.15) is 284 Å². The second-order valence-corrected chi connectivity index (χ2v) is 20.2. The monoisotopic (exact) mass is 1030 g/mol. The fraction of sp³-hybridized carbons (Fsp3) is 0.691. The predicted molar refractivity (Wildman–Crippen MR) is 320 cm³/mol. The number of hydrogen-bond acceptors (Lipinski definition) is 6. The van der Waals surface area contributed by atoms with Crippen LogP contribution in [0.4, 0.5) is 0 Å². The van der Waals surface area contributed by atoms with Gasteiger partial charge in [-0.1, -0.05) is 246 Å². The molecule has 6 heteroatoms. The molecule has 0 fully saturated rings. The lowest BCUT2D eigenvalue weighted by atomic mass is 10.1. The Morgan fingerprint density at radius 2 is 0.527 bits per heavy atom. The average Bonchev–Trinajstić information content (AvgIpc) is 3.40. The molecule has 0 heterocycles. The Hall–Kier alpha value is -3.93. The molecule has 0 aromatic carbocycles. The van der Waals surface area contributed by atoms with Gasteiger partial charge < -0.3 is 14.2 Å². The van der Waals surface area contributed by atoms with E-state index in [0.29, 0.717) is 12.8 Å². The van der Waals surface area contributed by atoms with Crippen molar-refractivity contribution in [2.75, 3.05) is 13.2 Å². The molecular formula is C68H114O6. The molecule has 0 aliphatic heterocycles. The smallest absolute Gasteiger partial charge is 0.306 e. The van der Waals surface area contributed by atoms with Crippen LogP contribution in [0.3, 0.4) is 0 Å². The Labute approximate surface area is 457 Å². The van der Waals surface area contributed by atoms with E-state index in [4.69, 9.17) is 14.2 Å². The highest BCUT2D eigenvalue weighted by Gasteiger charge is 2.19. The first-order valence-electron chi connectivity index (χ1n) is 30.9. The Morgan fingerprint density at radius 1 is 0.284 bits per heavy atom. The number of carbonyl (C=O) groups is 3. The summed E-state index contributed by atoms with van der Waals surface area (Å²) in [6.07, 6.45) is 83.6. The summed E-state index contributed by atoms with van der Waals surface area (Å²) >= 11 is 0. The van der Waals surface area contributed by atoms with Crippen LogP contribution in [-0.4, -0.2) is 37.2 Å². The van der Waals surface area contributed by atoms with Crippen molar-refractivity contribution in [3.8, 4) is 0 Å². The first-order valence-corrected chi connectivity index (χ1v) is 30.9. The number of allylic oxidation sites excluding steroid dienone is 18. The van der Waals surface area contributed by atoms with Gasteiger partial charge in [-0.25, -0.2) is 0 Å². The predicted octanol–water partition coefficient (Wildman–Crippen LogP) is 21.0. The zero-order valence-electron chi connectivity index (χ0n) is 48.3. The molecule has 6 nitrogen and oxygen atoms in total. The van der Waals surface area contributed by atoms with Gasteiger partial charge in [0.2, 0.25) is 0 Å². The number of hydrogen-bond donors (Lipinski definition) is 0. The van der Waals surface area contributed by atoms with Gasteiger partial charge in [-0.3, -0.25) is 14.4 Å². The standard InChI is InChI=1S/C68H114O6/c1-4-7-10-13-16-19-22-25-28-31-33-34-36-37-40-43-46-49-52-55-58-61-67(70)73-64-65(63-72-66(69)60-57-54-51-48-45-42-39-30-27-24-21-18-15-12-9-6-3)74-68(71)62-59-56-53-50-47-44-41-38-35-32-29-26-23-20-17-14-11-8-5-2/h8,11,17,20-22,24-26,29-31,33,35,38-39,44,47,65H,4-7,9-10,12-16,18-19,23,27-28,32,34,36-37,40-43,45-46,48-64H2,1-3H3/b11-8-,20-17-,24-21-,25-22-,29-26-,33-31-,38-35-,39-30-,47-44-. The van der Waals surface area contributed by atoms with Crippen molar-refractivity contribution in [2.45, 2.75) is 290 Å². The third-order valence-corrected chi connectivity index (χ3v) is 13.0. The highest BCUT2D eigenvalue weighted by atomic mass is 16.6. The van der Waals surface area contributed by atoms with E-state index in [2.05, 4.69) is 130 Å². The lowest BCUT2D eigenvalue weighted by Crippen LogP contribution is -2.30. The van der Waals surface area contributed by atoms with Crippen molar-refractivity contribution < 1.29 is 28.6 Å². The van der Waals surface area contributed by atoms with Crippen molar-refractivity contribution in [3.63, 3.8) is 0 Å². The van der Waals surface area contributed by atoms with Crippen molar-refractivity contribution in [2.24, 2.45) is 0 Å². The summed E-state index contributed by atoms with van der Waals surface area (Å²) in [6.45, 7) is 6.47. The molecule has 0 aromatic rings. The van der Waals surface area contributed by atoms with Gasteiger partial charge in [0.25, 0.3) is 0 Å². The number of carbonyl (C=O) groups excluding carboxylic acids is 3. The Morgan fingerprint density at radius 3 is 0.851 bits per heavy atom. The summed E-state index contributed by atoms with van der Waals surface area (Å²) in [7, 11) is 0. The van der Waals surface area contributed by atoms with Crippen LogP contribution in [0.5, 0.6) is 0 Å². The number of unbranched alkanes of at least 4 members (excludes halogenated alkanes) is 26. The number of ether oxygens (including phenoxy) is 3. The van der Waals surface area contributed by atoms with Crippen LogP contribution >= 0.6 is 0 Å². The van der Waals surface area contributed by atoms with Gasteiger partial charge >= 0.3 is 17.9 Å². The van der Waals surface area contributed by atoms with Crippen LogP contribution in [0.25, 0.3) is 0 Å². The normalized spacial score (nSPS) is 12.9. The summed E-state index contributed by atoms with van der Waals surface area (Å²) < 4.78 is 16.9. The van der Waals surface area contributed by atoms with Gasteiger partial charge in [0.15, 0.2) is 6.10 Å². The second kappa shape index (κ2) is 61.6. The molecule has 0 aliphatic carbocycles. The molecule has 0 saturated carbocycles. The molecule has 0 N–H and O–H groups in total. The van der Waals surface area contributed by atoms with Crippen LogP contribution in [0.2, 0.25) is 0 Å². The maximum absolute atomic E-state index is 12.9. The Bertz CT molecular complexity index is 1510. The molecule has 0 amide bonds. The molecule has 0 rings (SSSR count). The Balaban J connectivity index is 4.47. The average molecular weight is 1030 g/mol. The van der Waals surface area contributed by atoms with E-state index in [1.807, 2.05) is 0 Å². The van der Waals surface area contributed by atoms with Gasteiger partial charge in [-0.15, -0.1) is 0 Å². The van der Waals surface area contributed by atoms with Crippen molar-refractivity contribution in [3.05, 3.63) is 109 Å². The lowest BCUT2D eigenvalue weighted by molar-refractivity contribution is -0.167. The molecule has 0 radical (unpaired) electrons. The van der Waals surface area contributed by atoms with Crippen molar-refractivity contribution in [1.29, 1.82) is 0 Å². The molecule has 0 aliphatic rings. The molecule has 0 saturated heterocycles. The highest BCUT2D eigenvalue weighted by Crippen LogP contribution is 2.15. The minimum atomic E-state index is -0.807. The maximum atomic E-state index is 12.9. The summed E-state index contributed by atoms with van der Waals surface area (Å²) in [6, 6.07) is 0. The number of rotatable bonds is 55. The van der Waals surface area contributed by atoms with Gasteiger partial charge in [0.1, 0.15) is 13.2 Å². The van der Waals surface area contributed by atoms with Gasteiger partial charge in [-0.2, -0.15) is 0 Å². The fourth-order valence-corrected chi connectivity index (χ4v) is 8.35. The van der Waals surface area contributed by atoms with Gasteiger partial charge in [0, 0.05) is 19.3 Å². The van der Waals surface area contributed by atoms with Crippen LogP contribution in [0.15, 0.2) is 109 Å². The van der Waals surface area contributed by atoms with E-state index in [9.17, 15) is 14.4 Å². The third kappa shape index (κ3) is 59.0. The molecule has 1 unspecified atom stereocenters. The van der Waals surface area contributed by atoms with E-state index in [-0.39, 0.29) is 37.5 Å². The molecule has 1 atom stereocenters. The largest absolute Gasteiger partial charge is 0.462 e. The topological polar surface area (TPSA) is 78.9 Å². The van der Waals surface area contributed by atoms with Crippen molar-refractivity contribution >= 4 is 17.9 Å². The zero-order valence-corrected chi connectivity index (χ0v) is 48.3. The van der Waals surface area contributed by atoms with Crippen LogP contribution in [-0.2, 0) is 28.6 Å². The molecule has 0 aromatic heterocycles. The zero-order chi connectivity index (χ0) is 53.6. The molecule has 74 heavy (non-hydrogen) atoms. The van der Waals surface area contributed by atoms with E-state index < -0.39 is 6.10 Å². The van der Waals surface area contributed by atoms with Gasteiger partial charge in [-0.05, 0) is 128 Å². The van der Waals surface area contributed by atoms with Crippen molar-refractivity contribution in [1.82, 2.24) is 0 Å². The van der Waals surface area contributed by atoms with E-state index in [1.54, 1.807) is 0 Å². The van der Waals surface area contributed by atoms with E-state index in [1.165, 1.54) is 116 Å². The quantitative estimate of drug-likeness (QED) is 0.0261. The Kier molecular flexibility index (Phi) is 58.3. The third-order valence-electron chi connectivity index (χ3n) is 13.0. The summed E-state index contributed by atoms with van der Waals surface area (Å²) in [5, 5.41) is 0. The van der Waals surface area contributed by atoms with E-state index >= 15 is 0 Å². The van der Waals surface area contributed by atoms with Gasteiger partial charge in [0.05, 0.1) is 0 Å². The molecular weight excluding hydrogens is 913 g/mol. The minimum absolute atomic E-state index is 0.0994. The molecule has 0 bridgehead atoms. The highest BCUT2D eigenvalue weighted by molar-refractivity contribution is 5.71. The SMILES string of the molecule is CC/C=C\C/C=C\C/C=C\C/C=C\C/C=C\CCCCCC(=O)OC(COC(=O)CCCCCCC/C=C\C/C=C\CCCCCC)COC(=O)CCCCCCCCCCC/C=C\C/C=C\CCCCCCC. The maximum Gasteiger partial charge on any atom is 0.306 e. The second-order valence-electron chi connectivity index (χ2n) is 20.2. The summed E-state index contributed by atoms with van der Waals surface area (Å²) in [5.74, 6) is -0.945. The number of esters is 3. The summed E-state index contributed by atoms with van der Waals surface area (Å²) in [4.78, 5) is 38.3. The first-order chi connectivity index (χ1) is 36.5. The molecule has 422 valence electrons.